The third kappa shape index (κ3) is 5.71. The molecule has 0 aliphatic carbocycles. The Labute approximate surface area is 168 Å². The second-order valence-corrected chi connectivity index (χ2v) is 5.57. The van der Waals surface area contributed by atoms with Crippen molar-refractivity contribution < 1.29 is 28.5 Å². The number of carbonyl (C=O) groups is 2. The molecule has 0 atom stereocenters. The summed E-state index contributed by atoms with van der Waals surface area (Å²) in [6.07, 6.45) is 4.21. The van der Waals surface area contributed by atoms with Gasteiger partial charge in [0.05, 0.1) is 21.3 Å². The molecule has 0 amide bonds. The molecule has 0 aliphatic rings. The van der Waals surface area contributed by atoms with E-state index in [1.807, 2.05) is 12.1 Å². The number of hydrogen-bond acceptors (Lipinski definition) is 7. The van der Waals surface area contributed by atoms with Gasteiger partial charge in [-0.25, -0.2) is 9.59 Å². The normalized spacial score (nSPS) is 10.9. The molecule has 0 unspecified atom stereocenters. The maximum absolute atomic E-state index is 12.2. The van der Waals surface area contributed by atoms with Crippen molar-refractivity contribution in [3.63, 3.8) is 0 Å². The lowest BCUT2D eigenvalue weighted by molar-refractivity contribution is -0.135. The fourth-order valence-electron chi connectivity index (χ4n) is 2.38. The minimum Gasteiger partial charge on any atom is -0.496 e. The molecule has 0 saturated carbocycles. The van der Waals surface area contributed by atoms with E-state index in [1.165, 1.54) is 38.5 Å². The van der Waals surface area contributed by atoms with E-state index in [1.54, 1.807) is 37.5 Å². The van der Waals surface area contributed by atoms with Crippen LogP contribution in [0.4, 0.5) is 0 Å². The zero-order valence-corrected chi connectivity index (χ0v) is 16.2. The summed E-state index contributed by atoms with van der Waals surface area (Å²) in [4.78, 5) is 23.7. The summed E-state index contributed by atoms with van der Waals surface area (Å²) in [6.45, 7) is 0. The highest BCUT2D eigenvalue weighted by Gasteiger charge is 2.12. The number of para-hydroxylation sites is 1. The van der Waals surface area contributed by atoms with E-state index in [4.69, 9.17) is 19.5 Å². The average molecular weight is 393 g/mol. The number of nitriles is 1. The summed E-state index contributed by atoms with van der Waals surface area (Å²) < 4.78 is 20.3. The molecule has 148 valence electrons. The predicted molar refractivity (Wildman–Crippen MR) is 106 cm³/mol. The van der Waals surface area contributed by atoms with Crippen LogP contribution in [0.3, 0.4) is 0 Å². The average Bonchev–Trinajstić information content (AvgIpc) is 2.76. The second-order valence-electron chi connectivity index (χ2n) is 5.57. The van der Waals surface area contributed by atoms with Crippen molar-refractivity contribution in [1.82, 2.24) is 0 Å². The Balaban J connectivity index is 2.20. The lowest BCUT2D eigenvalue weighted by Crippen LogP contribution is -2.05. The number of ether oxygens (including phenoxy) is 4. The van der Waals surface area contributed by atoms with Crippen LogP contribution in [0.15, 0.2) is 54.1 Å². The number of nitrogens with zero attached hydrogens (tertiary/aromatic N) is 1. The lowest BCUT2D eigenvalue weighted by Gasteiger charge is -2.09. The maximum atomic E-state index is 12.2. The maximum Gasteiger partial charge on any atom is 0.348 e. The van der Waals surface area contributed by atoms with Crippen LogP contribution in [0.25, 0.3) is 12.2 Å². The van der Waals surface area contributed by atoms with Crippen LogP contribution >= 0.6 is 0 Å². The molecule has 2 rings (SSSR count). The number of hydrogen-bond donors (Lipinski definition) is 0. The predicted octanol–water partition coefficient (Wildman–Crippen LogP) is 3.40. The number of carbonyl (C=O) groups excluding carboxylic acids is 2. The van der Waals surface area contributed by atoms with Gasteiger partial charge in [-0.3, -0.25) is 0 Å². The van der Waals surface area contributed by atoms with Crippen molar-refractivity contribution in [2.75, 3.05) is 21.3 Å². The Hall–Kier alpha value is -4.05. The quantitative estimate of drug-likeness (QED) is 0.308. The fraction of sp³-hybridized carbons (Fsp3) is 0.136. The van der Waals surface area contributed by atoms with E-state index >= 15 is 0 Å². The highest BCUT2D eigenvalue weighted by atomic mass is 16.6. The molecule has 0 aliphatic heterocycles. The first kappa shape index (κ1) is 21.3. The standard InChI is InChI=1S/C22H19NO6/c1-26-18-7-5-4-6-16(18)9-11-21(24)29-19-10-8-15(13-20(19)27-2)12-17(14-23)22(25)28-3/h4-13H,1-3H3/b11-9+,17-12+. The Morgan fingerprint density at radius 1 is 0.966 bits per heavy atom. The van der Waals surface area contributed by atoms with Crippen LogP contribution in [-0.4, -0.2) is 33.3 Å². The minimum atomic E-state index is -0.747. The number of esters is 2. The Morgan fingerprint density at radius 2 is 1.69 bits per heavy atom. The van der Waals surface area contributed by atoms with E-state index in [-0.39, 0.29) is 17.1 Å². The van der Waals surface area contributed by atoms with Crippen LogP contribution < -0.4 is 14.2 Å². The SMILES string of the molecule is COC(=O)/C(C#N)=C/c1ccc(OC(=O)/C=C/c2ccccc2OC)c(OC)c1. The molecule has 0 radical (unpaired) electrons. The smallest absolute Gasteiger partial charge is 0.348 e. The van der Waals surface area contributed by atoms with Gasteiger partial charge in [-0.05, 0) is 35.9 Å². The summed E-state index contributed by atoms with van der Waals surface area (Å²) in [7, 11) is 4.15. The van der Waals surface area contributed by atoms with Crippen LogP contribution in [0.2, 0.25) is 0 Å². The van der Waals surface area contributed by atoms with Crippen molar-refractivity contribution in [2.24, 2.45) is 0 Å². The van der Waals surface area contributed by atoms with E-state index in [2.05, 4.69) is 4.74 Å². The molecule has 0 aromatic heterocycles. The fourth-order valence-corrected chi connectivity index (χ4v) is 2.38. The van der Waals surface area contributed by atoms with Gasteiger partial charge < -0.3 is 18.9 Å². The number of benzene rings is 2. The van der Waals surface area contributed by atoms with Gasteiger partial charge in [0.1, 0.15) is 17.4 Å². The minimum absolute atomic E-state index is 0.168. The Morgan fingerprint density at radius 3 is 2.34 bits per heavy atom. The van der Waals surface area contributed by atoms with Gasteiger partial charge in [0, 0.05) is 11.6 Å². The monoisotopic (exact) mass is 393 g/mol. The van der Waals surface area contributed by atoms with Gasteiger partial charge in [-0.2, -0.15) is 5.26 Å². The first-order valence-corrected chi connectivity index (χ1v) is 8.43. The molecule has 0 heterocycles. The summed E-state index contributed by atoms with van der Waals surface area (Å²) in [5.41, 5.74) is 1.07. The van der Waals surface area contributed by atoms with Gasteiger partial charge >= 0.3 is 11.9 Å². The molecular weight excluding hydrogens is 374 g/mol. The highest BCUT2D eigenvalue weighted by Crippen LogP contribution is 2.29. The molecule has 0 N–H and O–H groups in total. The molecule has 0 bridgehead atoms. The van der Waals surface area contributed by atoms with E-state index in [9.17, 15) is 9.59 Å². The van der Waals surface area contributed by atoms with Crippen molar-refractivity contribution >= 4 is 24.1 Å². The molecule has 0 spiro atoms. The first-order chi connectivity index (χ1) is 14.0. The van der Waals surface area contributed by atoms with Crippen LogP contribution in [0.5, 0.6) is 17.2 Å². The van der Waals surface area contributed by atoms with Gasteiger partial charge in [0.25, 0.3) is 0 Å². The molecular formula is C22H19NO6. The first-order valence-electron chi connectivity index (χ1n) is 8.43. The molecule has 2 aromatic carbocycles. The molecule has 0 saturated heterocycles. The van der Waals surface area contributed by atoms with Crippen molar-refractivity contribution in [2.45, 2.75) is 0 Å². The largest absolute Gasteiger partial charge is 0.496 e. The summed E-state index contributed by atoms with van der Waals surface area (Å²) in [5, 5.41) is 9.04. The zero-order valence-electron chi connectivity index (χ0n) is 16.2. The van der Waals surface area contributed by atoms with E-state index in [0.29, 0.717) is 11.3 Å². The van der Waals surface area contributed by atoms with Gasteiger partial charge in [0.15, 0.2) is 11.5 Å². The molecule has 0 fully saturated rings. The zero-order chi connectivity index (χ0) is 21.2. The third-order valence-corrected chi connectivity index (χ3v) is 3.77. The van der Waals surface area contributed by atoms with Crippen molar-refractivity contribution in [3.8, 4) is 23.3 Å². The Kier molecular flexibility index (Phi) is 7.57. The van der Waals surface area contributed by atoms with Crippen LogP contribution in [0.1, 0.15) is 11.1 Å². The number of rotatable bonds is 7. The van der Waals surface area contributed by atoms with E-state index < -0.39 is 11.9 Å². The molecule has 29 heavy (non-hydrogen) atoms. The van der Waals surface area contributed by atoms with Gasteiger partial charge in [0.2, 0.25) is 0 Å². The van der Waals surface area contributed by atoms with Crippen molar-refractivity contribution in [1.29, 1.82) is 5.26 Å². The summed E-state index contributed by atoms with van der Waals surface area (Å²) in [5.74, 6) is -0.270. The molecule has 2 aromatic rings. The Bertz CT molecular complexity index is 1000. The van der Waals surface area contributed by atoms with Crippen LogP contribution in [-0.2, 0) is 14.3 Å². The molecule has 7 nitrogen and oxygen atoms in total. The lowest BCUT2D eigenvalue weighted by atomic mass is 10.1. The topological polar surface area (TPSA) is 94.9 Å². The summed E-state index contributed by atoms with van der Waals surface area (Å²) in [6, 6.07) is 13.6. The number of methoxy groups -OCH3 is 3. The molecule has 7 heteroatoms. The van der Waals surface area contributed by atoms with Crippen molar-refractivity contribution in [3.05, 3.63) is 65.2 Å². The summed E-state index contributed by atoms with van der Waals surface area (Å²) >= 11 is 0. The van der Waals surface area contributed by atoms with Gasteiger partial charge in [-0.1, -0.05) is 24.3 Å². The third-order valence-electron chi connectivity index (χ3n) is 3.77. The van der Waals surface area contributed by atoms with E-state index in [0.717, 1.165) is 5.56 Å². The highest BCUT2D eigenvalue weighted by molar-refractivity contribution is 5.98. The second kappa shape index (κ2) is 10.3. The van der Waals surface area contributed by atoms with Crippen LogP contribution in [0, 0.1) is 11.3 Å². The van der Waals surface area contributed by atoms with Gasteiger partial charge in [-0.15, -0.1) is 0 Å².